The van der Waals surface area contributed by atoms with E-state index in [9.17, 15) is 14.0 Å². The molecule has 150 valence electrons. The molecule has 0 aliphatic heterocycles. The molecule has 0 atom stereocenters. The van der Waals surface area contributed by atoms with Crippen molar-refractivity contribution in [2.45, 2.75) is 10.9 Å². The number of hydrogen-bond donors (Lipinski definition) is 2. The number of methoxy groups -OCH3 is 1. The van der Waals surface area contributed by atoms with Crippen LogP contribution in [-0.2, 0) is 11.3 Å². The number of carbonyl (C=O) groups excluding carboxylic acids is 2. The van der Waals surface area contributed by atoms with E-state index >= 15 is 0 Å². The number of carbonyl (C=O) groups is 2. The second-order valence-electron chi connectivity index (χ2n) is 5.75. The van der Waals surface area contributed by atoms with Crippen LogP contribution < -0.4 is 15.4 Å². The number of halogens is 1. The first-order chi connectivity index (χ1) is 14.0. The molecule has 1 heterocycles. The van der Waals surface area contributed by atoms with Gasteiger partial charge in [-0.15, -0.1) is 10.2 Å². The smallest absolute Gasteiger partial charge is 0.286 e. The van der Waals surface area contributed by atoms with E-state index in [1.807, 2.05) is 24.3 Å². The summed E-state index contributed by atoms with van der Waals surface area (Å²) in [5.41, 5.74) is 1.42. The first kappa shape index (κ1) is 20.7. The van der Waals surface area contributed by atoms with Gasteiger partial charge in [-0.25, -0.2) is 4.39 Å². The molecule has 0 saturated heterocycles. The SMILES string of the molecule is COc1ccc(CNC(=O)CSc2nnc(C(=O)Nc3ccc(F)cc3)s2)cc1. The highest BCUT2D eigenvalue weighted by molar-refractivity contribution is 8.01. The van der Waals surface area contributed by atoms with Gasteiger partial charge in [-0.3, -0.25) is 9.59 Å². The Kier molecular flexibility index (Phi) is 7.14. The molecule has 0 unspecified atom stereocenters. The lowest BCUT2D eigenvalue weighted by Crippen LogP contribution is -2.24. The van der Waals surface area contributed by atoms with Gasteiger partial charge in [-0.05, 0) is 42.0 Å². The molecule has 0 saturated carbocycles. The fourth-order valence-corrected chi connectivity index (χ4v) is 3.78. The summed E-state index contributed by atoms with van der Waals surface area (Å²) in [4.78, 5) is 24.2. The number of amides is 2. The van der Waals surface area contributed by atoms with Crippen molar-refractivity contribution in [1.29, 1.82) is 0 Å². The highest BCUT2D eigenvalue weighted by atomic mass is 32.2. The van der Waals surface area contributed by atoms with Crippen molar-refractivity contribution in [3.8, 4) is 5.75 Å². The van der Waals surface area contributed by atoms with E-state index in [0.29, 0.717) is 16.6 Å². The molecular weight excluding hydrogens is 415 g/mol. The average Bonchev–Trinajstić information content (AvgIpc) is 3.22. The van der Waals surface area contributed by atoms with E-state index in [1.54, 1.807) is 7.11 Å². The van der Waals surface area contributed by atoms with Gasteiger partial charge in [0.1, 0.15) is 11.6 Å². The summed E-state index contributed by atoms with van der Waals surface area (Å²) in [6.07, 6.45) is 0. The van der Waals surface area contributed by atoms with Crippen LogP contribution in [0.1, 0.15) is 15.4 Å². The van der Waals surface area contributed by atoms with Crippen molar-refractivity contribution in [3.05, 3.63) is 64.9 Å². The highest BCUT2D eigenvalue weighted by Gasteiger charge is 2.14. The highest BCUT2D eigenvalue weighted by Crippen LogP contribution is 2.23. The Balaban J connectivity index is 1.44. The maximum atomic E-state index is 12.9. The minimum atomic E-state index is -0.440. The second kappa shape index (κ2) is 9.99. The molecule has 0 radical (unpaired) electrons. The molecule has 2 amide bonds. The molecule has 1 aromatic heterocycles. The van der Waals surface area contributed by atoms with Crippen molar-refractivity contribution < 1.29 is 18.7 Å². The molecule has 2 aromatic carbocycles. The van der Waals surface area contributed by atoms with Crippen LogP contribution in [0, 0.1) is 5.82 Å². The van der Waals surface area contributed by atoms with Crippen LogP contribution in [0.2, 0.25) is 0 Å². The molecule has 29 heavy (non-hydrogen) atoms. The molecule has 3 rings (SSSR count). The van der Waals surface area contributed by atoms with E-state index in [4.69, 9.17) is 4.74 Å². The van der Waals surface area contributed by atoms with E-state index in [0.717, 1.165) is 22.6 Å². The molecule has 0 aliphatic carbocycles. The monoisotopic (exact) mass is 432 g/mol. The lowest BCUT2D eigenvalue weighted by atomic mass is 10.2. The average molecular weight is 433 g/mol. The van der Waals surface area contributed by atoms with Crippen LogP contribution in [0.25, 0.3) is 0 Å². The number of aromatic nitrogens is 2. The van der Waals surface area contributed by atoms with Crippen LogP contribution in [0.4, 0.5) is 10.1 Å². The summed E-state index contributed by atoms with van der Waals surface area (Å²) in [5.74, 6) is -0.0676. The number of rotatable bonds is 8. The molecule has 0 fully saturated rings. The van der Waals surface area contributed by atoms with Crippen molar-refractivity contribution in [3.63, 3.8) is 0 Å². The Labute approximate surface area is 174 Å². The summed E-state index contributed by atoms with van der Waals surface area (Å²) < 4.78 is 18.5. The fraction of sp³-hybridized carbons (Fsp3) is 0.158. The minimum absolute atomic E-state index is 0.154. The number of ether oxygens (including phenoxy) is 1. The zero-order valence-electron chi connectivity index (χ0n) is 15.3. The predicted molar refractivity (Wildman–Crippen MR) is 110 cm³/mol. The summed E-state index contributed by atoms with van der Waals surface area (Å²) >= 11 is 2.28. The zero-order chi connectivity index (χ0) is 20.6. The molecule has 3 aromatic rings. The summed E-state index contributed by atoms with van der Waals surface area (Å²) in [6, 6.07) is 12.8. The zero-order valence-corrected chi connectivity index (χ0v) is 17.0. The van der Waals surface area contributed by atoms with Crippen LogP contribution in [0.3, 0.4) is 0 Å². The summed E-state index contributed by atoms with van der Waals surface area (Å²) in [6.45, 7) is 0.408. The lowest BCUT2D eigenvalue weighted by Gasteiger charge is -2.05. The Hall–Kier alpha value is -2.98. The van der Waals surface area contributed by atoms with Gasteiger partial charge >= 0.3 is 0 Å². The minimum Gasteiger partial charge on any atom is -0.497 e. The maximum Gasteiger partial charge on any atom is 0.286 e. The summed E-state index contributed by atoms with van der Waals surface area (Å²) in [5, 5.41) is 13.4. The van der Waals surface area contributed by atoms with E-state index in [2.05, 4.69) is 20.8 Å². The Morgan fingerprint density at radius 1 is 1.10 bits per heavy atom. The normalized spacial score (nSPS) is 10.4. The summed E-state index contributed by atoms with van der Waals surface area (Å²) in [7, 11) is 1.60. The topological polar surface area (TPSA) is 93.2 Å². The Bertz CT molecular complexity index is 978. The lowest BCUT2D eigenvalue weighted by molar-refractivity contribution is -0.118. The first-order valence-corrected chi connectivity index (χ1v) is 10.3. The van der Waals surface area contributed by atoms with Gasteiger partial charge in [0, 0.05) is 12.2 Å². The fourth-order valence-electron chi connectivity index (χ4n) is 2.20. The van der Waals surface area contributed by atoms with Crippen molar-refractivity contribution in [2.75, 3.05) is 18.2 Å². The number of thioether (sulfide) groups is 1. The van der Waals surface area contributed by atoms with E-state index in [1.165, 1.54) is 36.0 Å². The standard InChI is InChI=1S/C19H17FN4O3S2/c1-27-15-8-2-12(3-9-15)10-21-16(25)11-28-19-24-23-18(29-19)17(26)22-14-6-4-13(20)5-7-14/h2-9H,10-11H2,1H3,(H,21,25)(H,22,26). The molecule has 10 heteroatoms. The van der Waals surface area contributed by atoms with Crippen molar-refractivity contribution >= 4 is 40.6 Å². The molecule has 0 spiro atoms. The van der Waals surface area contributed by atoms with Gasteiger partial charge in [0.25, 0.3) is 5.91 Å². The van der Waals surface area contributed by atoms with Crippen LogP contribution >= 0.6 is 23.1 Å². The number of benzene rings is 2. The van der Waals surface area contributed by atoms with Crippen LogP contribution in [-0.4, -0.2) is 34.9 Å². The van der Waals surface area contributed by atoms with Gasteiger partial charge in [-0.1, -0.05) is 35.2 Å². The molecular formula is C19H17FN4O3S2. The van der Waals surface area contributed by atoms with Crippen molar-refractivity contribution in [1.82, 2.24) is 15.5 Å². The first-order valence-electron chi connectivity index (χ1n) is 8.46. The molecule has 2 N–H and O–H groups in total. The predicted octanol–water partition coefficient (Wildman–Crippen LogP) is 3.35. The quantitative estimate of drug-likeness (QED) is 0.531. The Morgan fingerprint density at radius 2 is 1.83 bits per heavy atom. The maximum absolute atomic E-state index is 12.9. The number of hydrogen-bond acceptors (Lipinski definition) is 7. The Morgan fingerprint density at radius 3 is 2.52 bits per heavy atom. The number of nitrogens with one attached hydrogen (secondary N) is 2. The van der Waals surface area contributed by atoms with E-state index < -0.39 is 5.91 Å². The third-order valence-corrected chi connectivity index (χ3v) is 5.73. The van der Waals surface area contributed by atoms with Crippen LogP contribution in [0.15, 0.2) is 52.9 Å². The molecule has 0 aliphatic rings. The number of nitrogens with zero attached hydrogens (tertiary/aromatic N) is 2. The largest absolute Gasteiger partial charge is 0.497 e. The third-order valence-electron chi connectivity index (χ3n) is 3.68. The van der Waals surface area contributed by atoms with Gasteiger partial charge in [0.05, 0.1) is 12.9 Å². The van der Waals surface area contributed by atoms with Gasteiger partial charge in [0.2, 0.25) is 10.9 Å². The third kappa shape index (κ3) is 6.26. The molecule has 0 bridgehead atoms. The van der Waals surface area contributed by atoms with E-state index in [-0.39, 0.29) is 22.5 Å². The number of anilines is 1. The second-order valence-corrected chi connectivity index (χ2v) is 7.95. The van der Waals surface area contributed by atoms with Crippen molar-refractivity contribution in [2.24, 2.45) is 0 Å². The van der Waals surface area contributed by atoms with Gasteiger partial charge < -0.3 is 15.4 Å². The molecule has 7 nitrogen and oxygen atoms in total. The van der Waals surface area contributed by atoms with Gasteiger partial charge in [-0.2, -0.15) is 0 Å². The van der Waals surface area contributed by atoms with Gasteiger partial charge in [0.15, 0.2) is 4.34 Å². The van der Waals surface area contributed by atoms with Crippen LogP contribution in [0.5, 0.6) is 5.75 Å².